The summed E-state index contributed by atoms with van der Waals surface area (Å²) in [7, 11) is 2.94. The maximum absolute atomic E-state index is 13.3. The number of aromatic nitrogens is 4. The lowest BCUT2D eigenvalue weighted by Crippen LogP contribution is -2.41. The molecule has 0 aliphatic heterocycles. The molecule has 4 heterocycles. The monoisotopic (exact) mass is 559 g/mol. The quantitative estimate of drug-likeness (QED) is 0.227. The Balaban J connectivity index is 1.67. The molecule has 218 valence electrons. The molecule has 1 aliphatic carbocycles. The van der Waals surface area contributed by atoms with Crippen molar-refractivity contribution in [2.24, 2.45) is 11.3 Å². The van der Waals surface area contributed by atoms with Crippen LogP contribution < -0.4 is 4.74 Å². The zero-order valence-electron chi connectivity index (χ0n) is 25.4. The highest BCUT2D eigenvalue weighted by atomic mass is 16.5. The summed E-state index contributed by atoms with van der Waals surface area (Å²) in [6.07, 6.45) is 3.17. The van der Waals surface area contributed by atoms with E-state index >= 15 is 0 Å². The van der Waals surface area contributed by atoms with Crippen LogP contribution in [0.5, 0.6) is 5.88 Å². The number of hydrogen-bond acceptors (Lipinski definition) is 6. The Morgan fingerprint density at radius 1 is 1.10 bits per heavy atom. The summed E-state index contributed by atoms with van der Waals surface area (Å²) >= 11 is 0. The van der Waals surface area contributed by atoms with Gasteiger partial charge in [-0.3, -0.25) is 9.20 Å². The van der Waals surface area contributed by atoms with Gasteiger partial charge in [0.25, 0.3) is 0 Å². The van der Waals surface area contributed by atoms with Crippen molar-refractivity contribution in [3.8, 4) is 17.3 Å². The van der Waals surface area contributed by atoms with Gasteiger partial charge < -0.3 is 18.9 Å². The van der Waals surface area contributed by atoms with Gasteiger partial charge in [0.1, 0.15) is 17.0 Å². The number of carbonyl (C=O) groups excluding carboxylic acids is 2. The number of aryl methyl sites for hydroxylation is 1. The standard InChI is InChI=1S/C32H41N5O4/c1-9-24(35(10-2)31(39)32(4,5)6)23-14-13-21-15-25(36(29(21)33-23)18-20-11-12-20)28-19(3)37-26(34-28)16-22(30(38)41-8)17-27(37)40-7/h13-17,20,24H,9-12,18H2,1-8H3. The molecule has 9 heteroatoms. The molecule has 1 amide bonds. The Labute approximate surface area is 241 Å². The molecule has 4 aromatic rings. The number of fused-ring (bicyclic) bond motifs is 2. The summed E-state index contributed by atoms with van der Waals surface area (Å²) in [4.78, 5) is 37.8. The second kappa shape index (κ2) is 10.8. The minimum atomic E-state index is -0.470. The molecule has 4 aromatic heterocycles. The van der Waals surface area contributed by atoms with Crippen molar-refractivity contribution in [2.75, 3.05) is 20.8 Å². The van der Waals surface area contributed by atoms with Crippen LogP contribution >= 0.6 is 0 Å². The third-order valence-corrected chi connectivity index (χ3v) is 8.04. The van der Waals surface area contributed by atoms with E-state index < -0.39 is 11.4 Å². The molecule has 9 nitrogen and oxygen atoms in total. The molecule has 0 radical (unpaired) electrons. The Hall–Kier alpha value is -3.88. The van der Waals surface area contributed by atoms with Crippen molar-refractivity contribution in [1.29, 1.82) is 0 Å². The van der Waals surface area contributed by atoms with Gasteiger partial charge >= 0.3 is 5.97 Å². The molecule has 1 aliphatic rings. The SMILES string of the molecule is CCC(c1ccc2cc(-c3nc4cc(C(=O)OC)cc(OC)n4c3C)n(CC3CC3)c2n1)N(CC)C(=O)C(C)(C)C. The Morgan fingerprint density at radius 2 is 1.83 bits per heavy atom. The summed E-state index contributed by atoms with van der Waals surface area (Å²) in [5.74, 6) is 0.801. The third-order valence-electron chi connectivity index (χ3n) is 8.04. The molecule has 0 saturated heterocycles. The molecule has 0 spiro atoms. The van der Waals surface area contributed by atoms with Crippen molar-refractivity contribution in [1.82, 2.24) is 23.8 Å². The van der Waals surface area contributed by atoms with Gasteiger partial charge in [-0.15, -0.1) is 0 Å². The molecule has 41 heavy (non-hydrogen) atoms. The first kappa shape index (κ1) is 28.6. The van der Waals surface area contributed by atoms with Crippen molar-refractivity contribution < 1.29 is 19.1 Å². The molecule has 1 fully saturated rings. The Morgan fingerprint density at radius 3 is 2.41 bits per heavy atom. The van der Waals surface area contributed by atoms with E-state index in [1.165, 1.54) is 20.0 Å². The number of hydrogen-bond donors (Lipinski definition) is 0. The van der Waals surface area contributed by atoms with Crippen LogP contribution in [0.1, 0.15) is 81.7 Å². The average Bonchev–Trinajstić information content (AvgIpc) is 3.63. The Kier molecular flexibility index (Phi) is 7.57. The lowest BCUT2D eigenvalue weighted by Gasteiger charge is -2.34. The average molecular weight is 560 g/mol. The van der Waals surface area contributed by atoms with Crippen LogP contribution in [0, 0.1) is 18.3 Å². The fraction of sp³-hybridized carbons (Fsp3) is 0.500. The number of imidazole rings is 1. The largest absolute Gasteiger partial charge is 0.482 e. The van der Waals surface area contributed by atoms with Gasteiger partial charge in [-0.25, -0.2) is 14.8 Å². The molecule has 5 rings (SSSR count). The number of methoxy groups -OCH3 is 2. The molecule has 1 unspecified atom stereocenters. The number of nitrogens with zero attached hydrogens (tertiary/aromatic N) is 5. The lowest BCUT2D eigenvalue weighted by molar-refractivity contribution is -0.142. The zero-order chi connectivity index (χ0) is 29.6. The summed E-state index contributed by atoms with van der Waals surface area (Å²) in [5, 5.41) is 1.03. The van der Waals surface area contributed by atoms with Crippen LogP contribution in [-0.4, -0.2) is 56.5 Å². The number of carbonyl (C=O) groups is 2. The van der Waals surface area contributed by atoms with Crippen LogP contribution in [0.4, 0.5) is 0 Å². The van der Waals surface area contributed by atoms with E-state index in [9.17, 15) is 9.59 Å². The van der Waals surface area contributed by atoms with E-state index in [2.05, 4.69) is 29.7 Å². The first-order valence-electron chi connectivity index (χ1n) is 14.5. The number of ether oxygens (including phenoxy) is 2. The highest BCUT2D eigenvalue weighted by molar-refractivity contribution is 5.91. The summed E-state index contributed by atoms with van der Waals surface area (Å²) in [6.45, 7) is 13.5. The van der Waals surface area contributed by atoms with Crippen LogP contribution in [0.3, 0.4) is 0 Å². The highest BCUT2D eigenvalue weighted by Crippen LogP contribution is 2.38. The number of rotatable bonds is 9. The van der Waals surface area contributed by atoms with E-state index in [1.54, 1.807) is 19.2 Å². The maximum atomic E-state index is 13.3. The number of esters is 1. The van der Waals surface area contributed by atoms with E-state index in [-0.39, 0.29) is 11.9 Å². The second-order valence-corrected chi connectivity index (χ2v) is 12.0. The molecule has 0 bridgehead atoms. The molecule has 1 saturated carbocycles. The van der Waals surface area contributed by atoms with Gasteiger partial charge in [0.05, 0.1) is 42.9 Å². The van der Waals surface area contributed by atoms with Gasteiger partial charge in [-0.05, 0) is 63.3 Å². The van der Waals surface area contributed by atoms with Gasteiger partial charge in [-0.2, -0.15) is 0 Å². The van der Waals surface area contributed by atoms with Gasteiger partial charge in [0.15, 0.2) is 5.88 Å². The summed E-state index contributed by atoms with van der Waals surface area (Å²) in [5.41, 5.74) is 5.03. The fourth-order valence-corrected chi connectivity index (χ4v) is 5.70. The van der Waals surface area contributed by atoms with Crippen molar-refractivity contribution in [3.05, 3.63) is 47.3 Å². The third kappa shape index (κ3) is 5.18. The predicted octanol–water partition coefficient (Wildman–Crippen LogP) is 6.21. The van der Waals surface area contributed by atoms with Crippen LogP contribution in [0.25, 0.3) is 28.1 Å². The minimum absolute atomic E-state index is 0.109. The topological polar surface area (TPSA) is 91.0 Å². The van der Waals surface area contributed by atoms with Crippen LogP contribution in [0.2, 0.25) is 0 Å². The fourth-order valence-electron chi connectivity index (χ4n) is 5.70. The summed E-state index contributed by atoms with van der Waals surface area (Å²) in [6, 6.07) is 9.62. The first-order chi connectivity index (χ1) is 19.5. The predicted molar refractivity (Wildman–Crippen MR) is 159 cm³/mol. The summed E-state index contributed by atoms with van der Waals surface area (Å²) < 4.78 is 14.8. The molecule has 0 aromatic carbocycles. The highest BCUT2D eigenvalue weighted by Gasteiger charge is 2.32. The lowest BCUT2D eigenvalue weighted by atomic mass is 9.93. The zero-order valence-corrected chi connectivity index (χ0v) is 25.4. The molecule has 0 N–H and O–H groups in total. The molecular formula is C32H41N5O4. The van der Waals surface area contributed by atoms with E-state index in [4.69, 9.17) is 19.4 Å². The van der Waals surface area contributed by atoms with Crippen molar-refractivity contribution in [3.63, 3.8) is 0 Å². The van der Waals surface area contributed by atoms with Gasteiger partial charge in [0, 0.05) is 30.0 Å². The van der Waals surface area contributed by atoms with Crippen molar-refractivity contribution in [2.45, 2.75) is 73.4 Å². The van der Waals surface area contributed by atoms with E-state index in [1.807, 2.05) is 43.9 Å². The molecular weight excluding hydrogens is 518 g/mol. The van der Waals surface area contributed by atoms with E-state index in [0.717, 1.165) is 46.8 Å². The number of pyridine rings is 2. The van der Waals surface area contributed by atoms with Crippen LogP contribution in [-0.2, 0) is 16.1 Å². The second-order valence-electron chi connectivity index (χ2n) is 12.0. The van der Waals surface area contributed by atoms with Gasteiger partial charge in [0.2, 0.25) is 5.91 Å². The van der Waals surface area contributed by atoms with Crippen molar-refractivity contribution >= 4 is 28.6 Å². The van der Waals surface area contributed by atoms with Gasteiger partial charge in [-0.1, -0.05) is 27.7 Å². The van der Waals surface area contributed by atoms with E-state index in [0.29, 0.717) is 29.6 Å². The van der Waals surface area contributed by atoms with Crippen LogP contribution in [0.15, 0.2) is 30.3 Å². The maximum Gasteiger partial charge on any atom is 0.338 e. The minimum Gasteiger partial charge on any atom is -0.482 e. The molecule has 1 atom stereocenters. The Bertz CT molecular complexity index is 1620. The first-order valence-corrected chi connectivity index (χ1v) is 14.5. The number of amides is 1. The smallest absolute Gasteiger partial charge is 0.338 e. The normalized spacial score (nSPS) is 14.4.